The van der Waals surface area contributed by atoms with Crippen molar-refractivity contribution in [2.75, 3.05) is 6.61 Å². The summed E-state index contributed by atoms with van der Waals surface area (Å²) in [5.41, 5.74) is 1.18. The molecule has 2 fully saturated rings. The third-order valence-electron chi connectivity index (χ3n) is 8.39. The van der Waals surface area contributed by atoms with Crippen LogP contribution in [0.4, 0.5) is 0 Å². The van der Waals surface area contributed by atoms with Crippen molar-refractivity contribution in [3.8, 4) is 0 Å². The molecule has 0 saturated carbocycles. The number of rotatable bonds is 13. The molecule has 0 aliphatic carbocycles. The Balaban J connectivity index is 1.66. The minimum atomic E-state index is -2.09. The van der Waals surface area contributed by atoms with Crippen LogP contribution >= 0.6 is 0 Å². The lowest BCUT2D eigenvalue weighted by atomic mass is 9.95. The zero-order valence-electron chi connectivity index (χ0n) is 26.9. The third kappa shape index (κ3) is 11.0. The summed E-state index contributed by atoms with van der Waals surface area (Å²) < 4.78 is 38.3. The van der Waals surface area contributed by atoms with Gasteiger partial charge in [-0.25, -0.2) is 0 Å². The summed E-state index contributed by atoms with van der Waals surface area (Å²) >= 11 is 0. The van der Waals surface area contributed by atoms with E-state index >= 15 is 0 Å². The number of nitrogens with zero attached hydrogens (tertiary/aromatic N) is 1. The largest absolute Gasteiger partial charge is 0.411 e. The van der Waals surface area contributed by atoms with Gasteiger partial charge >= 0.3 is 0 Å². The van der Waals surface area contributed by atoms with Crippen molar-refractivity contribution < 1.29 is 33.3 Å². The molecule has 3 rings (SSSR count). The van der Waals surface area contributed by atoms with Gasteiger partial charge in [0.15, 0.2) is 19.9 Å². The molecule has 9 heteroatoms. The lowest BCUT2D eigenvalue weighted by molar-refractivity contribution is -0.313. The molecule has 0 unspecified atom stereocenters. The summed E-state index contributed by atoms with van der Waals surface area (Å²) in [5.74, 6) is -1.41. The second-order valence-corrected chi connectivity index (χ2v) is 18.8. The van der Waals surface area contributed by atoms with Crippen LogP contribution in [0.1, 0.15) is 92.6 Å². The Morgan fingerprint density at radius 2 is 1.56 bits per heavy atom. The number of hydrogen-bond acceptors (Lipinski definition) is 8. The van der Waals surface area contributed by atoms with E-state index in [4.69, 9.17) is 33.3 Å². The fourth-order valence-electron chi connectivity index (χ4n) is 5.46. The highest BCUT2D eigenvalue weighted by Crippen LogP contribution is 2.41. The predicted molar refractivity (Wildman–Crippen MR) is 164 cm³/mol. The Morgan fingerprint density at radius 1 is 0.951 bits per heavy atom. The lowest BCUT2D eigenvalue weighted by Crippen LogP contribution is -2.54. The van der Waals surface area contributed by atoms with Gasteiger partial charge in [0.05, 0.1) is 37.1 Å². The SMILES string of the molecule is CC1(C)O[C@H](CC[C@@H](O[Si](C)(C)C(C)(C)C)[C@H]2C[C@@H](CC=NO)OC(C)(C)O2)C[C@H](CCOCc2ccccc2)O1. The molecule has 2 aliphatic heterocycles. The van der Waals surface area contributed by atoms with Crippen molar-refractivity contribution in [2.24, 2.45) is 5.16 Å². The molecule has 2 saturated heterocycles. The van der Waals surface area contributed by atoms with E-state index < -0.39 is 19.9 Å². The number of oxime groups is 1. The highest BCUT2D eigenvalue weighted by Gasteiger charge is 2.45. The van der Waals surface area contributed by atoms with Crippen molar-refractivity contribution in [3.05, 3.63) is 35.9 Å². The molecule has 0 radical (unpaired) electrons. The average molecular weight is 594 g/mol. The van der Waals surface area contributed by atoms with E-state index in [1.165, 1.54) is 11.8 Å². The Morgan fingerprint density at radius 3 is 2.20 bits per heavy atom. The molecule has 1 aromatic rings. The van der Waals surface area contributed by atoms with Gasteiger partial charge in [0.25, 0.3) is 0 Å². The minimum Gasteiger partial charge on any atom is -0.411 e. The predicted octanol–water partition coefficient (Wildman–Crippen LogP) is 7.43. The van der Waals surface area contributed by atoms with E-state index in [1.807, 2.05) is 45.9 Å². The van der Waals surface area contributed by atoms with E-state index in [0.717, 1.165) is 25.7 Å². The van der Waals surface area contributed by atoms with Crippen molar-refractivity contribution in [2.45, 2.75) is 154 Å². The Kier molecular flexibility index (Phi) is 12.0. The van der Waals surface area contributed by atoms with Crippen LogP contribution in [0.3, 0.4) is 0 Å². The fraction of sp³-hybridized carbons (Fsp3) is 0.781. The second-order valence-electron chi connectivity index (χ2n) is 14.0. The summed E-state index contributed by atoms with van der Waals surface area (Å²) in [5, 5.41) is 12.2. The highest BCUT2D eigenvalue weighted by atomic mass is 28.4. The monoisotopic (exact) mass is 593 g/mol. The first-order valence-electron chi connectivity index (χ1n) is 15.3. The quantitative estimate of drug-likeness (QED) is 0.0836. The van der Waals surface area contributed by atoms with Crippen LogP contribution in [0.2, 0.25) is 18.1 Å². The zero-order chi connectivity index (χ0) is 30.3. The van der Waals surface area contributed by atoms with Crippen LogP contribution in [0, 0.1) is 0 Å². The maximum absolute atomic E-state index is 8.99. The fourth-order valence-corrected chi connectivity index (χ4v) is 6.84. The first-order valence-corrected chi connectivity index (χ1v) is 18.2. The molecule has 1 N–H and O–H groups in total. The van der Waals surface area contributed by atoms with E-state index in [9.17, 15) is 0 Å². The molecule has 5 atom stereocenters. The van der Waals surface area contributed by atoms with Crippen LogP contribution in [0.5, 0.6) is 0 Å². The molecule has 234 valence electrons. The third-order valence-corrected chi connectivity index (χ3v) is 12.9. The minimum absolute atomic E-state index is 0.0496. The summed E-state index contributed by atoms with van der Waals surface area (Å²) in [4.78, 5) is 0. The van der Waals surface area contributed by atoms with Crippen molar-refractivity contribution in [1.29, 1.82) is 0 Å². The number of ether oxygens (including phenoxy) is 5. The molecule has 8 nitrogen and oxygen atoms in total. The average Bonchev–Trinajstić information content (AvgIpc) is 2.86. The maximum Gasteiger partial charge on any atom is 0.192 e. The van der Waals surface area contributed by atoms with Gasteiger partial charge in [0.1, 0.15) is 0 Å². The molecular formula is C32H55NO7Si. The molecular weight excluding hydrogens is 538 g/mol. The maximum atomic E-state index is 8.99. The van der Waals surface area contributed by atoms with Crippen molar-refractivity contribution >= 4 is 14.5 Å². The van der Waals surface area contributed by atoms with Crippen LogP contribution < -0.4 is 0 Å². The van der Waals surface area contributed by atoms with E-state index in [0.29, 0.717) is 26.1 Å². The Bertz CT molecular complexity index is 947. The van der Waals surface area contributed by atoms with Crippen LogP contribution in [-0.2, 0) is 34.7 Å². The van der Waals surface area contributed by atoms with Crippen LogP contribution in [0.25, 0.3) is 0 Å². The van der Waals surface area contributed by atoms with Crippen molar-refractivity contribution in [3.63, 3.8) is 0 Å². The smallest absolute Gasteiger partial charge is 0.192 e. The standard InChI is InChI=1S/C32H55NO7Si/c1-30(2,3)41(8,9)40-28(29-22-26(17-19-33-34)37-32(6,7)39-29)16-15-25-21-27(38-31(4,5)36-25)18-20-35-23-24-13-11-10-12-14-24/h10-14,19,25-29,34H,15-18,20-23H2,1-9H3/t25-,26-,27+,28-,29-/m1/s1. The molecule has 41 heavy (non-hydrogen) atoms. The first-order chi connectivity index (χ1) is 19.1. The van der Waals surface area contributed by atoms with Crippen LogP contribution in [0.15, 0.2) is 35.5 Å². The van der Waals surface area contributed by atoms with Gasteiger partial charge in [-0.1, -0.05) is 51.1 Å². The normalized spacial score (nSPS) is 27.6. The van der Waals surface area contributed by atoms with E-state index in [2.05, 4.69) is 51.2 Å². The topological polar surface area (TPSA) is 88.0 Å². The zero-order valence-corrected chi connectivity index (χ0v) is 27.9. The molecule has 0 amide bonds. The molecule has 2 heterocycles. The molecule has 1 aromatic carbocycles. The Labute approximate surface area is 249 Å². The van der Waals surface area contributed by atoms with Gasteiger partial charge < -0.3 is 33.3 Å². The lowest BCUT2D eigenvalue weighted by Gasteiger charge is -2.47. The van der Waals surface area contributed by atoms with Crippen molar-refractivity contribution in [1.82, 2.24) is 0 Å². The highest BCUT2D eigenvalue weighted by molar-refractivity contribution is 6.74. The van der Waals surface area contributed by atoms with Gasteiger partial charge in [-0.3, -0.25) is 0 Å². The second kappa shape index (κ2) is 14.4. The number of hydrogen-bond donors (Lipinski definition) is 1. The molecule has 0 spiro atoms. The van der Waals surface area contributed by atoms with Gasteiger partial charge in [0, 0.05) is 32.1 Å². The van der Waals surface area contributed by atoms with Gasteiger partial charge in [-0.15, -0.1) is 5.16 Å². The van der Waals surface area contributed by atoms with Gasteiger partial charge in [-0.2, -0.15) is 0 Å². The van der Waals surface area contributed by atoms with E-state index in [1.54, 1.807) is 0 Å². The van der Waals surface area contributed by atoms with Gasteiger partial charge in [-0.05, 0) is 70.7 Å². The molecule has 2 aliphatic rings. The van der Waals surface area contributed by atoms with Gasteiger partial charge in [0.2, 0.25) is 0 Å². The molecule has 0 bridgehead atoms. The first kappa shape index (κ1) is 34.2. The summed E-state index contributed by atoms with van der Waals surface area (Å²) in [6, 6.07) is 10.2. The summed E-state index contributed by atoms with van der Waals surface area (Å²) in [7, 11) is -2.09. The van der Waals surface area contributed by atoms with Crippen LogP contribution in [-0.4, -0.2) is 68.4 Å². The molecule has 0 aromatic heterocycles. The van der Waals surface area contributed by atoms with E-state index in [-0.39, 0.29) is 35.6 Å². The summed E-state index contributed by atoms with van der Waals surface area (Å²) in [6.45, 7) is 20.5. The number of benzene rings is 1. The summed E-state index contributed by atoms with van der Waals surface area (Å²) in [6.07, 6.45) is 5.77. The Hall–Kier alpha value is -1.33.